The van der Waals surface area contributed by atoms with Gasteiger partial charge in [-0.2, -0.15) is 9.61 Å². The molecule has 0 spiro atoms. The Balaban J connectivity index is 1.72. The summed E-state index contributed by atoms with van der Waals surface area (Å²) in [5.41, 5.74) is 6.64. The minimum atomic E-state index is -0.0292. The second-order valence-electron chi connectivity index (χ2n) is 5.92. The molecule has 2 aromatic heterocycles. The van der Waals surface area contributed by atoms with E-state index in [9.17, 15) is 4.79 Å². The highest BCUT2D eigenvalue weighted by atomic mass is 16.1. The summed E-state index contributed by atoms with van der Waals surface area (Å²) < 4.78 is 1.63. The first-order valence-corrected chi connectivity index (χ1v) is 7.51. The van der Waals surface area contributed by atoms with E-state index in [1.807, 2.05) is 0 Å². The van der Waals surface area contributed by atoms with Crippen molar-refractivity contribution in [1.29, 1.82) is 0 Å². The zero-order chi connectivity index (χ0) is 14.7. The van der Waals surface area contributed by atoms with Gasteiger partial charge in [0.25, 0.3) is 0 Å². The van der Waals surface area contributed by atoms with Crippen LogP contribution < -0.4 is 11.1 Å². The van der Waals surface area contributed by atoms with Crippen LogP contribution in [0.3, 0.4) is 0 Å². The first kappa shape index (κ1) is 14.0. The molecule has 0 saturated heterocycles. The van der Waals surface area contributed by atoms with E-state index in [1.54, 1.807) is 29.0 Å². The van der Waals surface area contributed by atoms with E-state index in [0.717, 1.165) is 18.5 Å². The van der Waals surface area contributed by atoms with Crippen LogP contribution in [0, 0.1) is 5.41 Å². The van der Waals surface area contributed by atoms with Crippen LogP contribution in [-0.2, 0) is 4.79 Å². The number of carbonyl (C=O) groups excluding carboxylic acids is 1. The summed E-state index contributed by atoms with van der Waals surface area (Å²) in [7, 11) is 0. The van der Waals surface area contributed by atoms with Gasteiger partial charge in [0.1, 0.15) is 5.82 Å². The number of hydrogen-bond donors (Lipinski definition) is 2. The Kier molecular flexibility index (Phi) is 3.88. The van der Waals surface area contributed by atoms with Gasteiger partial charge < -0.3 is 11.1 Å². The third-order valence-electron chi connectivity index (χ3n) is 4.44. The number of rotatable bonds is 4. The summed E-state index contributed by atoms with van der Waals surface area (Å²) in [6.45, 7) is 0.577. The molecule has 0 aliphatic heterocycles. The molecule has 1 fully saturated rings. The molecule has 112 valence electrons. The number of aromatic nitrogens is 3. The molecule has 3 rings (SSSR count). The second kappa shape index (κ2) is 5.81. The minimum Gasteiger partial charge on any atom is -0.330 e. The SMILES string of the molecule is NCC1(CC(=O)Nc2ccnc3ccnn23)CCCCC1. The Bertz CT molecular complexity index is 630. The molecule has 6 heteroatoms. The van der Waals surface area contributed by atoms with E-state index < -0.39 is 0 Å². The maximum absolute atomic E-state index is 12.4. The van der Waals surface area contributed by atoms with E-state index in [2.05, 4.69) is 15.4 Å². The fourth-order valence-corrected chi connectivity index (χ4v) is 3.21. The van der Waals surface area contributed by atoms with Crippen molar-refractivity contribution in [1.82, 2.24) is 14.6 Å². The van der Waals surface area contributed by atoms with Crippen LogP contribution in [0.5, 0.6) is 0 Å². The number of carbonyl (C=O) groups is 1. The molecular formula is C15H21N5O. The van der Waals surface area contributed by atoms with Gasteiger partial charge in [0.2, 0.25) is 5.91 Å². The molecule has 0 atom stereocenters. The molecule has 0 bridgehead atoms. The van der Waals surface area contributed by atoms with Crippen molar-refractivity contribution in [3.8, 4) is 0 Å². The summed E-state index contributed by atoms with van der Waals surface area (Å²) in [5.74, 6) is 0.656. The van der Waals surface area contributed by atoms with Crippen LogP contribution in [-0.4, -0.2) is 27.0 Å². The summed E-state index contributed by atoms with van der Waals surface area (Å²) >= 11 is 0. The fourth-order valence-electron chi connectivity index (χ4n) is 3.21. The molecule has 1 amide bonds. The Labute approximate surface area is 123 Å². The van der Waals surface area contributed by atoms with Crippen molar-refractivity contribution in [3.63, 3.8) is 0 Å². The molecule has 2 aromatic rings. The predicted octanol–water partition coefficient (Wildman–Crippen LogP) is 1.97. The third-order valence-corrected chi connectivity index (χ3v) is 4.44. The van der Waals surface area contributed by atoms with Crippen molar-refractivity contribution < 1.29 is 4.79 Å². The van der Waals surface area contributed by atoms with E-state index in [0.29, 0.717) is 18.8 Å². The smallest absolute Gasteiger partial charge is 0.226 e. The standard InChI is InChI=1S/C15H21N5O/c16-11-15(6-2-1-3-7-15)10-14(21)19-13-4-8-17-12-5-9-18-20(12)13/h4-5,8-9H,1-3,6-7,10-11,16H2,(H,19,21). The average Bonchev–Trinajstić information content (AvgIpc) is 2.98. The van der Waals surface area contributed by atoms with Gasteiger partial charge in [0, 0.05) is 18.7 Å². The lowest BCUT2D eigenvalue weighted by molar-refractivity contribution is -0.118. The summed E-state index contributed by atoms with van der Waals surface area (Å²) in [4.78, 5) is 16.6. The molecule has 1 saturated carbocycles. The molecule has 1 aliphatic rings. The highest BCUT2D eigenvalue weighted by Crippen LogP contribution is 2.38. The predicted molar refractivity (Wildman–Crippen MR) is 80.8 cm³/mol. The lowest BCUT2D eigenvalue weighted by Crippen LogP contribution is -2.36. The second-order valence-corrected chi connectivity index (χ2v) is 5.92. The lowest BCUT2D eigenvalue weighted by Gasteiger charge is -2.35. The van der Waals surface area contributed by atoms with Crippen molar-refractivity contribution in [2.75, 3.05) is 11.9 Å². The number of fused-ring (bicyclic) bond motifs is 1. The monoisotopic (exact) mass is 287 g/mol. The minimum absolute atomic E-state index is 0.00495. The number of nitrogens with two attached hydrogens (primary N) is 1. The summed E-state index contributed by atoms with van der Waals surface area (Å²) in [6, 6.07) is 3.56. The summed E-state index contributed by atoms with van der Waals surface area (Å²) in [6.07, 6.45) is 9.50. The van der Waals surface area contributed by atoms with Gasteiger partial charge in [-0.05, 0) is 30.9 Å². The highest BCUT2D eigenvalue weighted by Gasteiger charge is 2.33. The van der Waals surface area contributed by atoms with E-state index >= 15 is 0 Å². The van der Waals surface area contributed by atoms with Crippen LogP contribution in [0.1, 0.15) is 38.5 Å². The molecule has 21 heavy (non-hydrogen) atoms. The lowest BCUT2D eigenvalue weighted by atomic mass is 9.71. The van der Waals surface area contributed by atoms with Gasteiger partial charge in [-0.1, -0.05) is 19.3 Å². The van der Waals surface area contributed by atoms with Crippen molar-refractivity contribution in [2.24, 2.45) is 11.1 Å². The molecule has 6 nitrogen and oxygen atoms in total. The van der Waals surface area contributed by atoms with E-state index in [-0.39, 0.29) is 11.3 Å². The van der Waals surface area contributed by atoms with Crippen molar-refractivity contribution >= 4 is 17.4 Å². The quantitative estimate of drug-likeness (QED) is 0.900. The normalized spacial score (nSPS) is 17.8. The fraction of sp³-hybridized carbons (Fsp3) is 0.533. The van der Waals surface area contributed by atoms with Crippen molar-refractivity contribution in [3.05, 3.63) is 24.5 Å². The van der Waals surface area contributed by atoms with Crippen LogP contribution in [0.15, 0.2) is 24.5 Å². The average molecular weight is 287 g/mol. The zero-order valence-electron chi connectivity index (χ0n) is 12.1. The number of hydrogen-bond acceptors (Lipinski definition) is 4. The Morgan fingerprint density at radius 3 is 2.86 bits per heavy atom. The van der Waals surface area contributed by atoms with Gasteiger partial charge >= 0.3 is 0 Å². The first-order chi connectivity index (χ1) is 10.2. The maximum atomic E-state index is 12.4. The Morgan fingerprint density at radius 1 is 1.29 bits per heavy atom. The van der Waals surface area contributed by atoms with Gasteiger partial charge in [-0.15, -0.1) is 0 Å². The zero-order valence-corrected chi connectivity index (χ0v) is 12.1. The molecule has 3 N–H and O–H groups in total. The largest absolute Gasteiger partial charge is 0.330 e. The molecule has 0 radical (unpaired) electrons. The number of amides is 1. The van der Waals surface area contributed by atoms with Crippen molar-refractivity contribution in [2.45, 2.75) is 38.5 Å². The number of nitrogens with zero attached hydrogens (tertiary/aromatic N) is 3. The van der Waals surface area contributed by atoms with Gasteiger partial charge in [0.15, 0.2) is 5.65 Å². The van der Waals surface area contributed by atoms with Crippen LogP contribution in [0.2, 0.25) is 0 Å². The van der Waals surface area contributed by atoms with Crippen LogP contribution in [0.4, 0.5) is 5.82 Å². The summed E-state index contributed by atoms with van der Waals surface area (Å²) in [5, 5.41) is 7.11. The maximum Gasteiger partial charge on any atom is 0.226 e. The Morgan fingerprint density at radius 2 is 2.10 bits per heavy atom. The first-order valence-electron chi connectivity index (χ1n) is 7.51. The highest BCUT2D eigenvalue weighted by molar-refractivity contribution is 5.90. The van der Waals surface area contributed by atoms with Gasteiger partial charge in [-0.3, -0.25) is 4.79 Å². The van der Waals surface area contributed by atoms with E-state index in [4.69, 9.17) is 5.73 Å². The Hall–Kier alpha value is -1.95. The third kappa shape index (κ3) is 2.90. The van der Waals surface area contributed by atoms with Gasteiger partial charge in [-0.25, -0.2) is 4.98 Å². The molecule has 0 unspecified atom stereocenters. The van der Waals surface area contributed by atoms with Gasteiger partial charge in [0.05, 0.1) is 6.20 Å². The number of anilines is 1. The molecule has 0 aromatic carbocycles. The van der Waals surface area contributed by atoms with E-state index in [1.165, 1.54) is 19.3 Å². The van der Waals surface area contributed by atoms with Crippen LogP contribution in [0.25, 0.3) is 5.65 Å². The number of nitrogens with one attached hydrogen (secondary N) is 1. The molecular weight excluding hydrogens is 266 g/mol. The topological polar surface area (TPSA) is 85.3 Å². The molecule has 1 aliphatic carbocycles. The van der Waals surface area contributed by atoms with Crippen LogP contribution >= 0.6 is 0 Å². The molecule has 2 heterocycles.